The number of hydrogen-bond acceptors (Lipinski definition) is 2. The molecule has 0 aliphatic carbocycles. The number of nitrogens with one attached hydrogen (secondary N) is 1. The van der Waals surface area contributed by atoms with E-state index < -0.39 is 11.6 Å². The first-order chi connectivity index (χ1) is 8.58. The Morgan fingerprint density at radius 1 is 1.44 bits per heavy atom. The zero-order valence-corrected chi connectivity index (χ0v) is 9.96. The van der Waals surface area contributed by atoms with Crippen LogP contribution < -0.4 is 11.1 Å². The average Bonchev–Trinajstić information content (AvgIpc) is 2.33. The van der Waals surface area contributed by atoms with Crippen molar-refractivity contribution in [3.8, 4) is 0 Å². The smallest absolute Gasteiger partial charge is 0.222 e. The standard InChI is InChI=1S/C13H16F2N2O/c14-9-4-3-8(11(15)7-9)6-12-10(13(16)18)2-1-5-17-12/h3-4,7,10,12,17H,1-2,5-6H2,(H2,16,18). The molecule has 1 aliphatic heterocycles. The molecular weight excluding hydrogens is 238 g/mol. The van der Waals surface area contributed by atoms with Crippen LogP contribution in [0.3, 0.4) is 0 Å². The molecule has 0 radical (unpaired) electrons. The van der Waals surface area contributed by atoms with Gasteiger partial charge in [0.25, 0.3) is 0 Å². The van der Waals surface area contributed by atoms with Gasteiger partial charge < -0.3 is 11.1 Å². The van der Waals surface area contributed by atoms with Crippen molar-refractivity contribution < 1.29 is 13.6 Å². The Balaban J connectivity index is 2.13. The van der Waals surface area contributed by atoms with Gasteiger partial charge in [-0.2, -0.15) is 0 Å². The molecule has 3 N–H and O–H groups in total. The molecular formula is C13H16F2N2O. The topological polar surface area (TPSA) is 55.1 Å². The van der Waals surface area contributed by atoms with Crippen molar-refractivity contribution in [2.45, 2.75) is 25.3 Å². The second kappa shape index (κ2) is 5.44. The number of halogens is 2. The molecule has 1 aromatic rings. The lowest BCUT2D eigenvalue weighted by Gasteiger charge is -2.30. The molecule has 3 nitrogen and oxygen atoms in total. The minimum atomic E-state index is -0.598. The van der Waals surface area contributed by atoms with Crippen molar-refractivity contribution in [1.29, 1.82) is 0 Å². The fraction of sp³-hybridized carbons (Fsp3) is 0.462. The predicted molar refractivity (Wildman–Crippen MR) is 63.8 cm³/mol. The first kappa shape index (κ1) is 13.0. The van der Waals surface area contributed by atoms with Crippen LogP contribution in [0.5, 0.6) is 0 Å². The number of nitrogens with two attached hydrogens (primary N) is 1. The summed E-state index contributed by atoms with van der Waals surface area (Å²) in [4.78, 5) is 11.3. The Kier molecular flexibility index (Phi) is 3.91. The van der Waals surface area contributed by atoms with Crippen molar-refractivity contribution in [2.75, 3.05) is 6.54 Å². The van der Waals surface area contributed by atoms with Gasteiger partial charge in [-0.1, -0.05) is 6.07 Å². The second-order valence-electron chi connectivity index (χ2n) is 4.65. The molecule has 5 heteroatoms. The maximum absolute atomic E-state index is 13.5. The molecule has 1 saturated heterocycles. The monoisotopic (exact) mass is 254 g/mol. The van der Waals surface area contributed by atoms with Crippen LogP contribution in [0.2, 0.25) is 0 Å². The summed E-state index contributed by atoms with van der Waals surface area (Å²) in [6.07, 6.45) is 1.95. The van der Waals surface area contributed by atoms with Crippen LogP contribution in [0.15, 0.2) is 18.2 Å². The molecule has 0 bridgehead atoms. The maximum Gasteiger partial charge on any atom is 0.222 e. The Hall–Kier alpha value is -1.49. The highest BCUT2D eigenvalue weighted by Gasteiger charge is 2.29. The van der Waals surface area contributed by atoms with Crippen molar-refractivity contribution in [3.05, 3.63) is 35.4 Å². The van der Waals surface area contributed by atoms with E-state index in [-0.39, 0.29) is 17.9 Å². The summed E-state index contributed by atoms with van der Waals surface area (Å²) in [5, 5.41) is 3.18. The van der Waals surface area contributed by atoms with E-state index in [9.17, 15) is 13.6 Å². The van der Waals surface area contributed by atoms with Crippen LogP contribution in [0, 0.1) is 17.6 Å². The molecule has 2 rings (SSSR count). The van der Waals surface area contributed by atoms with E-state index in [0.717, 1.165) is 25.5 Å². The molecule has 98 valence electrons. The lowest BCUT2D eigenvalue weighted by molar-refractivity contribution is -0.123. The normalized spacial score (nSPS) is 23.9. The predicted octanol–water partition coefficient (Wildman–Crippen LogP) is 1.36. The lowest BCUT2D eigenvalue weighted by atomic mass is 9.86. The molecule has 0 saturated carbocycles. The molecule has 18 heavy (non-hydrogen) atoms. The number of primary amides is 1. The Morgan fingerprint density at radius 2 is 2.22 bits per heavy atom. The number of benzene rings is 1. The highest BCUT2D eigenvalue weighted by Crippen LogP contribution is 2.21. The third-order valence-corrected chi connectivity index (χ3v) is 3.40. The summed E-state index contributed by atoms with van der Waals surface area (Å²) in [6.45, 7) is 0.789. The van der Waals surface area contributed by atoms with Crippen LogP contribution in [-0.4, -0.2) is 18.5 Å². The van der Waals surface area contributed by atoms with Crippen LogP contribution in [0.4, 0.5) is 8.78 Å². The fourth-order valence-corrected chi connectivity index (χ4v) is 2.43. The molecule has 1 amide bonds. The molecule has 2 unspecified atom stereocenters. The highest BCUT2D eigenvalue weighted by atomic mass is 19.1. The van der Waals surface area contributed by atoms with Crippen LogP contribution in [0.1, 0.15) is 18.4 Å². The number of amides is 1. The minimum Gasteiger partial charge on any atom is -0.369 e. The summed E-state index contributed by atoms with van der Waals surface area (Å²) < 4.78 is 26.4. The van der Waals surface area contributed by atoms with Crippen molar-refractivity contribution in [1.82, 2.24) is 5.32 Å². The van der Waals surface area contributed by atoms with E-state index in [2.05, 4.69) is 5.32 Å². The van der Waals surface area contributed by atoms with Gasteiger partial charge in [0.05, 0.1) is 5.92 Å². The Bertz CT molecular complexity index is 451. The van der Waals surface area contributed by atoms with Gasteiger partial charge in [-0.25, -0.2) is 8.78 Å². The number of carbonyl (C=O) groups is 1. The molecule has 1 heterocycles. The SMILES string of the molecule is NC(=O)C1CCCNC1Cc1ccc(F)cc1F. The number of piperidine rings is 1. The van der Waals surface area contributed by atoms with Gasteiger partial charge in [0.2, 0.25) is 5.91 Å². The van der Waals surface area contributed by atoms with Gasteiger partial charge in [-0.3, -0.25) is 4.79 Å². The first-order valence-electron chi connectivity index (χ1n) is 6.04. The highest BCUT2D eigenvalue weighted by molar-refractivity contribution is 5.77. The zero-order valence-electron chi connectivity index (χ0n) is 9.96. The largest absolute Gasteiger partial charge is 0.369 e. The lowest BCUT2D eigenvalue weighted by Crippen LogP contribution is -2.48. The van der Waals surface area contributed by atoms with Gasteiger partial charge in [0.15, 0.2) is 0 Å². The van der Waals surface area contributed by atoms with Crippen LogP contribution in [-0.2, 0) is 11.2 Å². The molecule has 2 atom stereocenters. The third-order valence-electron chi connectivity index (χ3n) is 3.40. The summed E-state index contributed by atoms with van der Waals surface area (Å²) in [5.74, 6) is -1.83. The molecule has 1 fully saturated rings. The van der Waals surface area contributed by atoms with E-state index in [1.807, 2.05) is 0 Å². The van der Waals surface area contributed by atoms with Gasteiger partial charge in [-0.15, -0.1) is 0 Å². The summed E-state index contributed by atoms with van der Waals surface area (Å²) >= 11 is 0. The van der Waals surface area contributed by atoms with E-state index in [0.29, 0.717) is 12.0 Å². The molecule has 0 aromatic heterocycles. The van der Waals surface area contributed by atoms with Gasteiger partial charge >= 0.3 is 0 Å². The van der Waals surface area contributed by atoms with E-state index >= 15 is 0 Å². The Labute approximate surface area is 104 Å². The second-order valence-corrected chi connectivity index (χ2v) is 4.65. The van der Waals surface area contributed by atoms with Gasteiger partial charge in [-0.05, 0) is 37.4 Å². The minimum absolute atomic E-state index is 0.170. The number of hydrogen-bond donors (Lipinski definition) is 2. The zero-order chi connectivity index (χ0) is 13.1. The quantitative estimate of drug-likeness (QED) is 0.855. The molecule has 1 aromatic carbocycles. The number of rotatable bonds is 3. The van der Waals surface area contributed by atoms with Crippen molar-refractivity contribution >= 4 is 5.91 Å². The number of carbonyl (C=O) groups excluding carboxylic acids is 1. The van der Waals surface area contributed by atoms with Crippen molar-refractivity contribution in [2.24, 2.45) is 11.7 Å². The molecule has 1 aliphatic rings. The van der Waals surface area contributed by atoms with Gasteiger partial charge in [0.1, 0.15) is 11.6 Å². The summed E-state index contributed by atoms with van der Waals surface area (Å²) in [7, 11) is 0. The average molecular weight is 254 g/mol. The van der Waals surface area contributed by atoms with Crippen molar-refractivity contribution in [3.63, 3.8) is 0 Å². The first-order valence-corrected chi connectivity index (χ1v) is 6.04. The third kappa shape index (κ3) is 2.85. The van der Waals surface area contributed by atoms with Crippen LogP contribution >= 0.6 is 0 Å². The van der Waals surface area contributed by atoms with Crippen LogP contribution in [0.25, 0.3) is 0 Å². The maximum atomic E-state index is 13.5. The fourth-order valence-electron chi connectivity index (χ4n) is 2.43. The Morgan fingerprint density at radius 3 is 2.89 bits per heavy atom. The van der Waals surface area contributed by atoms with E-state index in [4.69, 9.17) is 5.73 Å². The van der Waals surface area contributed by atoms with E-state index in [1.54, 1.807) is 0 Å². The summed E-state index contributed by atoms with van der Waals surface area (Å²) in [6, 6.07) is 3.33. The summed E-state index contributed by atoms with van der Waals surface area (Å²) in [5.41, 5.74) is 5.75. The van der Waals surface area contributed by atoms with Gasteiger partial charge in [0, 0.05) is 12.1 Å². The molecule has 0 spiro atoms. The van der Waals surface area contributed by atoms with E-state index in [1.165, 1.54) is 12.1 Å².